The number of hydrogen-bond acceptors (Lipinski definition) is 4. The van der Waals surface area contributed by atoms with Gasteiger partial charge in [0.05, 0.1) is 0 Å². The molecule has 1 saturated carbocycles. The Kier molecular flexibility index (Phi) is 2.91. The number of aromatic nitrogens is 1. The Hall–Kier alpha value is -1.43. The molecule has 1 fully saturated rings. The number of nitrogens with one attached hydrogen (secondary N) is 1. The molecule has 1 aliphatic carbocycles. The molecule has 88 valence electrons. The first kappa shape index (κ1) is 11.1. The predicted molar refractivity (Wildman–Crippen MR) is 58.0 cm³/mol. The van der Waals surface area contributed by atoms with E-state index >= 15 is 0 Å². The second-order valence-corrected chi connectivity index (χ2v) is 4.09. The number of rotatable bonds is 4. The van der Waals surface area contributed by atoms with E-state index in [1.165, 1.54) is 0 Å². The lowest BCUT2D eigenvalue weighted by Crippen LogP contribution is -2.23. The fourth-order valence-electron chi connectivity index (χ4n) is 1.60. The molecule has 4 nitrogen and oxygen atoms in total. The summed E-state index contributed by atoms with van der Waals surface area (Å²) in [5.41, 5.74) is 2.11. The Labute approximate surface area is 92.4 Å². The molecule has 6 heteroatoms. The first-order valence-corrected chi connectivity index (χ1v) is 5.15. The van der Waals surface area contributed by atoms with Gasteiger partial charge < -0.3 is 10.3 Å². The average Bonchev–Trinajstić information content (AvgIpc) is 3.01. The van der Waals surface area contributed by atoms with E-state index in [4.69, 9.17) is 5.84 Å². The highest BCUT2D eigenvalue weighted by molar-refractivity contribution is 5.48. The van der Waals surface area contributed by atoms with Gasteiger partial charge in [0.2, 0.25) is 0 Å². The Morgan fingerprint density at radius 2 is 2.19 bits per heavy atom. The van der Waals surface area contributed by atoms with E-state index in [1.807, 2.05) is 0 Å². The normalized spacial score (nSPS) is 15.0. The molecule has 0 spiro atoms. The molecular formula is C10H14F2N4. The number of pyridine rings is 1. The van der Waals surface area contributed by atoms with Crippen molar-refractivity contribution in [2.24, 2.45) is 11.8 Å². The van der Waals surface area contributed by atoms with Gasteiger partial charge in [0.25, 0.3) is 0 Å². The van der Waals surface area contributed by atoms with Crippen molar-refractivity contribution in [2.75, 3.05) is 23.9 Å². The molecule has 0 amide bonds. The van der Waals surface area contributed by atoms with E-state index < -0.39 is 11.6 Å². The van der Waals surface area contributed by atoms with Gasteiger partial charge in [-0.2, -0.15) is 0 Å². The van der Waals surface area contributed by atoms with Gasteiger partial charge in [-0.05, 0) is 18.8 Å². The molecule has 0 aromatic carbocycles. The Balaban J connectivity index is 2.23. The molecule has 16 heavy (non-hydrogen) atoms. The molecule has 0 atom stereocenters. The third-order valence-electron chi connectivity index (χ3n) is 2.64. The third kappa shape index (κ3) is 2.21. The van der Waals surface area contributed by atoms with Crippen LogP contribution in [0.2, 0.25) is 0 Å². The number of nitrogens with zero attached hydrogens (tertiary/aromatic N) is 2. The molecule has 1 aromatic heterocycles. The van der Waals surface area contributed by atoms with E-state index in [0.29, 0.717) is 5.92 Å². The van der Waals surface area contributed by atoms with Gasteiger partial charge in [-0.15, -0.1) is 0 Å². The number of halogens is 2. The molecule has 1 heterocycles. The average molecular weight is 228 g/mol. The summed E-state index contributed by atoms with van der Waals surface area (Å²) in [7, 11) is 1.74. The molecule has 0 aliphatic heterocycles. The lowest BCUT2D eigenvalue weighted by atomic mass is 10.3. The van der Waals surface area contributed by atoms with Crippen LogP contribution in [-0.4, -0.2) is 18.6 Å². The number of anilines is 2. The summed E-state index contributed by atoms with van der Waals surface area (Å²) in [6, 6.07) is 0.793. The fourth-order valence-corrected chi connectivity index (χ4v) is 1.60. The van der Waals surface area contributed by atoms with Gasteiger partial charge in [-0.1, -0.05) is 0 Å². The highest BCUT2D eigenvalue weighted by atomic mass is 19.1. The maximum absolute atomic E-state index is 13.5. The zero-order chi connectivity index (χ0) is 11.7. The highest BCUT2D eigenvalue weighted by Gasteiger charge is 2.25. The lowest BCUT2D eigenvalue weighted by molar-refractivity contribution is 0.571. The molecular weight excluding hydrogens is 214 g/mol. The van der Waals surface area contributed by atoms with Gasteiger partial charge in [0, 0.05) is 19.7 Å². The van der Waals surface area contributed by atoms with Crippen molar-refractivity contribution < 1.29 is 8.78 Å². The second-order valence-electron chi connectivity index (χ2n) is 4.09. The van der Waals surface area contributed by atoms with Crippen LogP contribution in [0.15, 0.2) is 6.07 Å². The molecule has 1 aliphatic rings. The largest absolute Gasteiger partial charge is 0.357 e. The summed E-state index contributed by atoms with van der Waals surface area (Å²) in [6.07, 6.45) is 2.32. The number of hydrazine groups is 1. The van der Waals surface area contributed by atoms with Crippen LogP contribution in [-0.2, 0) is 0 Å². The van der Waals surface area contributed by atoms with Crippen molar-refractivity contribution in [3.05, 3.63) is 17.7 Å². The van der Waals surface area contributed by atoms with Gasteiger partial charge in [-0.3, -0.25) is 0 Å². The van der Waals surface area contributed by atoms with Crippen LogP contribution in [0.25, 0.3) is 0 Å². The van der Waals surface area contributed by atoms with Crippen LogP contribution >= 0.6 is 0 Å². The number of nitrogen functional groups attached to an aromatic ring is 1. The van der Waals surface area contributed by atoms with Gasteiger partial charge in [-0.25, -0.2) is 19.6 Å². The number of nitrogens with two attached hydrogens (primary N) is 1. The molecule has 0 saturated heterocycles. The van der Waals surface area contributed by atoms with Crippen molar-refractivity contribution in [2.45, 2.75) is 12.8 Å². The van der Waals surface area contributed by atoms with E-state index in [2.05, 4.69) is 10.4 Å². The van der Waals surface area contributed by atoms with E-state index in [-0.39, 0.29) is 11.6 Å². The second kappa shape index (κ2) is 4.21. The molecule has 2 rings (SSSR count). The lowest BCUT2D eigenvalue weighted by Gasteiger charge is -2.19. The summed E-state index contributed by atoms with van der Waals surface area (Å²) < 4.78 is 26.6. The van der Waals surface area contributed by atoms with Gasteiger partial charge in [0.15, 0.2) is 23.3 Å². The van der Waals surface area contributed by atoms with Crippen molar-refractivity contribution in [3.63, 3.8) is 0 Å². The van der Waals surface area contributed by atoms with Crippen LogP contribution < -0.4 is 16.2 Å². The summed E-state index contributed by atoms with van der Waals surface area (Å²) in [6.45, 7) is 0.736. The molecule has 0 unspecified atom stereocenters. The summed E-state index contributed by atoms with van der Waals surface area (Å²) in [5.74, 6) is 4.22. The Morgan fingerprint density at radius 1 is 1.50 bits per heavy atom. The Morgan fingerprint density at radius 3 is 2.75 bits per heavy atom. The SMILES string of the molecule is CN(CC1CC1)c1nc(NN)c(F)cc1F. The number of hydrogen-bond donors (Lipinski definition) is 2. The molecule has 0 radical (unpaired) electrons. The first-order valence-electron chi connectivity index (χ1n) is 5.15. The quantitative estimate of drug-likeness (QED) is 0.605. The minimum Gasteiger partial charge on any atom is -0.357 e. The van der Waals surface area contributed by atoms with E-state index in [0.717, 1.165) is 25.5 Å². The van der Waals surface area contributed by atoms with E-state index in [1.54, 1.807) is 11.9 Å². The van der Waals surface area contributed by atoms with E-state index in [9.17, 15) is 8.78 Å². The maximum atomic E-state index is 13.5. The van der Waals surface area contributed by atoms with Crippen molar-refractivity contribution >= 4 is 11.6 Å². The predicted octanol–water partition coefficient (Wildman–Crippen LogP) is 1.49. The van der Waals surface area contributed by atoms with Crippen molar-refractivity contribution in [1.29, 1.82) is 0 Å². The third-order valence-corrected chi connectivity index (χ3v) is 2.64. The monoisotopic (exact) mass is 228 g/mol. The molecule has 3 N–H and O–H groups in total. The Bertz CT molecular complexity index is 393. The van der Waals surface area contributed by atoms with Crippen LogP contribution in [0, 0.1) is 17.6 Å². The van der Waals surface area contributed by atoms with Crippen LogP contribution in [0.4, 0.5) is 20.4 Å². The highest BCUT2D eigenvalue weighted by Crippen LogP contribution is 2.31. The van der Waals surface area contributed by atoms with Gasteiger partial charge >= 0.3 is 0 Å². The minimum absolute atomic E-state index is 0.126. The fraction of sp³-hybridized carbons (Fsp3) is 0.500. The smallest absolute Gasteiger partial charge is 0.178 e. The van der Waals surface area contributed by atoms with Crippen LogP contribution in [0.5, 0.6) is 0 Å². The first-order chi connectivity index (χ1) is 7.61. The van der Waals surface area contributed by atoms with Crippen molar-refractivity contribution in [3.8, 4) is 0 Å². The maximum Gasteiger partial charge on any atom is 0.178 e. The molecule has 1 aromatic rings. The standard InChI is InChI=1S/C10H14F2N4/c1-16(5-6-2-3-6)10-8(12)4-7(11)9(14-10)15-13/h4,6H,2-3,5,13H2,1H3,(H,14,15). The van der Waals surface area contributed by atoms with Crippen LogP contribution in [0.3, 0.4) is 0 Å². The summed E-state index contributed by atoms with van der Waals surface area (Å²) in [4.78, 5) is 5.50. The topological polar surface area (TPSA) is 54.2 Å². The summed E-state index contributed by atoms with van der Waals surface area (Å²) >= 11 is 0. The zero-order valence-electron chi connectivity index (χ0n) is 9.00. The molecule has 0 bridgehead atoms. The summed E-state index contributed by atoms with van der Waals surface area (Å²) in [5, 5.41) is 0. The van der Waals surface area contributed by atoms with Gasteiger partial charge in [0.1, 0.15) is 0 Å². The van der Waals surface area contributed by atoms with Crippen LogP contribution in [0.1, 0.15) is 12.8 Å². The zero-order valence-corrected chi connectivity index (χ0v) is 9.00. The minimum atomic E-state index is -0.788. The van der Waals surface area contributed by atoms with Crippen molar-refractivity contribution in [1.82, 2.24) is 4.98 Å².